The van der Waals surface area contributed by atoms with Gasteiger partial charge in [0.1, 0.15) is 0 Å². The van der Waals surface area contributed by atoms with Crippen LogP contribution in [0.25, 0.3) is 0 Å². The molecule has 0 aromatic carbocycles. The molecule has 0 aliphatic heterocycles. The lowest BCUT2D eigenvalue weighted by molar-refractivity contribution is 0.916. The molecule has 13 heavy (non-hydrogen) atoms. The van der Waals surface area contributed by atoms with Crippen molar-refractivity contribution in [2.45, 2.75) is 19.8 Å². The van der Waals surface area contributed by atoms with E-state index in [-0.39, 0.29) is 0 Å². The molecular formula is C9H10N2O2. The zero-order chi connectivity index (χ0) is 9.68. The van der Waals surface area contributed by atoms with Gasteiger partial charge in [-0.25, -0.2) is 9.36 Å². The zero-order valence-corrected chi connectivity index (χ0v) is 7.33. The second-order valence-corrected chi connectivity index (χ2v) is 2.52. The lowest BCUT2D eigenvalue weighted by Crippen LogP contribution is -2.26. The number of nitrogens with one attached hydrogen (secondary N) is 1. The van der Waals surface area contributed by atoms with E-state index in [4.69, 9.17) is 0 Å². The lowest BCUT2D eigenvalue weighted by Gasteiger charge is -1.90. The minimum absolute atomic E-state index is 0.404. The average molecular weight is 178 g/mol. The van der Waals surface area contributed by atoms with Crippen LogP contribution < -0.4 is 11.2 Å². The Kier molecular flexibility index (Phi) is 3.09. The van der Waals surface area contributed by atoms with E-state index in [9.17, 15) is 9.59 Å². The van der Waals surface area contributed by atoms with Crippen molar-refractivity contribution in [2.24, 2.45) is 0 Å². The van der Waals surface area contributed by atoms with E-state index in [1.54, 1.807) is 0 Å². The van der Waals surface area contributed by atoms with E-state index in [0.29, 0.717) is 0 Å². The third-order valence-corrected chi connectivity index (χ3v) is 1.40. The molecular weight excluding hydrogens is 168 g/mol. The molecule has 1 aromatic heterocycles. The molecule has 0 amide bonds. The summed E-state index contributed by atoms with van der Waals surface area (Å²) >= 11 is 0. The van der Waals surface area contributed by atoms with Gasteiger partial charge >= 0.3 is 5.69 Å². The first kappa shape index (κ1) is 9.33. The van der Waals surface area contributed by atoms with Crippen molar-refractivity contribution in [2.75, 3.05) is 0 Å². The lowest BCUT2D eigenvalue weighted by atomic mass is 10.4. The van der Waals surface area contributed by atoms with E-state index in [2.05, 4.69) is 16.9 Å². The number of hydrogen-bond acceptors (Lipinski definition) is 2. The Morgan fingerprint density at radius 1 is 1.54 bits per heavy atom. The minimum atomic E-state index is -0.490. The Hall–Kier alpha value is -1.76. The Bertz CT molecular complexity index is 445. The molecule has 0 aliphatic rings. The molecule has 1 aromatic rings. The molecule has 4 nitrogen and oxygen atoms in total. The fraction of sp³-hybridized carbons (Fsp3) is 0.333. The fourth-order valence-corrected chi connectivity index (χ4v) is 0.771. The molecule has 0 radical (unpaired) electrons. The van der Waals surface area contributed by atoms with E-state index in [1.165, 1.54) is 12.3 Å². The number of nitrogens with zero attached hydrogens (tertiary/aromatic N) is 1. The topological polar surface area (TPSA) is 54.9 Å². The number of rotatable bonds is 1. The summed E-state index contributed by atoms with van der Waals surface area (Å²) in [5.74, 6) is 2.80. The van der Waals surface area contributed by atoms with Crippen LogP contribution in [-0.2, 0) is 0 Å². The fourth-order valence-electron chi connectivity index (χ4n) is 0.771. The first-order valence-electron chi connectivity index (χ1n) is 4.05. The predicted octanol–water partition coefficient (Wildman–Crippen LogP) is 0.146. The molecule has 1 rings (SSSR count). The van der Waals surface area contributed by atoms with Gasteiger partial charge in [-0.3, -0.25) is 9.78 Å². The number of aromatic amines is 1. The molecule has 0 saturated carbocycles. The highest BCUT2D eigenvalue weighted by Crippen LogP contribution is 1.80. The Morgan fingerprint density at radius 3 is 2.92 bits per heavy atom. The van der Waals surface area contributed by atoms with Crippen LogP contribution in [0, 0.1) is 12.0 Å². The molecule has 1 heterocycles. The third-order valence-electron chi connectivity index (χ3n) is 1.40. The van der Waals surface area contributed by atoms with Gasteiger partial charge in [0, 0.05) is 24.7 Å². The van der Waals surface area contributed by atoms with E-state index in [0.717, 1.165) is 17.4 Å². The molecule has 0 fully saturated rings. The maximum Gasteiger partial charge on any atom is 0.340 e. The highest BCUT2D eigenvalue weighted by molar-refractivity contribution is 5.03. The van der Waals surface area contributed by atoms with Crippen LogP contribution in [0.1, 0.15) is 19.8 Å². The van der Waals surface area contributed by atoms with Crippen LogP contribution in [0.4, 0.5) is 0 Å². The van der Waals surface area contributed by atoms with Crippen LogP contribution in [0.3, 0.4) is 0 Å². The molecule has 0 spiro atoms. The molecule has 4 heteroatoms. The summed E-state index contributed by atoms with van der Waals surface area (Å²) in [5, 5.41) is 0. The van der Waals surface area contributed by atoms with Gasteiger partial charge in [-0.05, 0) is 6.42 Å². The van der Waals surface area contributed by atoms with Gasteiger partial charge in [0.15, 0.2) is 0 Å². The van der Waals surface area contributed by atoms with Gasteiger partial charge < -0.3 is 0 Å². The quantitative estimate of drug-likeness (QED) is 0.622. The molecule has 0 bridgehead atoms. The summed E-state index contributed by atoms with van der Waals surface area (Å²) in [6.45, 7) is 2.00. The largest absolute Gasteiger partial charge is 0.340 e. The number of unbranched alkanes of at least 4 members (excludes halogenated alkanes) is 1. The van der Waals surface area contributed by atoms with Crippen molar-refractivity contribution in [1.82, 2.24) is 9.55 Å². The number of H-pyrrole nitrogens is 1. The molecule has 1 N–H and O–H groups in total. The normalized spacial score (nSPS) is 9.00. The number of aromatic nitrogens is 2. The smallest absolute Gasteiger partial charge is 0.273 e. The van der Waals surface area contributed by atoms with Gasteiger partial charge in [0.25, 0.3) is 5.56 Å². The highest BCUT2D eigenvalue weighted by Gasteiger charge is 1.89. The molecule has 0 atom stereocenters. The summed E-state index contributed by atoms with van der Waals surface area (Å²) in [6, 6.07) is 3.89. The summed E-state index contributed by atoms with van der Waals surface area (Å²) in [7, 11) is 0. The Labute approximate surface area is 75.2 Å². The van der Waals surface area contributed by atoms with Crippen LogP contribution in [0.2, 0.25) is 0 Å². The molecule has 0 unspecified atom stereocenters. The summed E-state index contributed by atoms with van der Waals surface area (Å²) < 4.78 is 1.16. The maximum absolute atomic E-state index is 11.0. The van der Waals surface area contributed by atoms with Crippen LogP contribution in [-0.4, -0.2) is 9.55 Å². The molecule has 0 saturated heterocycles. The standard InChI is InChI=1S/C9H10N2O2/c1-2-3-4-6-11-7-5-8(12)10-9(11)13/h5,7H,2-3H2,1H3,(H,10,12,13). The summed E-state index contributed by atoms with van der Waals surface area (Å²) in [6.07, 6.45) is 3.06. The average Bonchev–Trinajstić information content (AvgIpc) is 2.09. The zero-order valence-electron chi connectivity index (χ0n) is 7.33. The van der Waals surface area contributed by atoms with Crippen molar-refractivity contribution in [1.29, 1.82) is 0 Å². The molecule has 68 valence electrons. The monoisotopic (exact) mass is 178 g/mol. The van der Waals surface area contributed by atoms with Gasteiger partial charge in [0.2, 0.25) is 0 Å². The second kappa shape index (κ2) is 4.31. The van der Waals surface area contributed by atoms with Gasteiger partial charge in [-0.15, -0.1) is 0 Å². The second-order valence-electron chi connectivity index (χ2n) is 2.52. The molecule has 0 aliphatic carbocycles. The van der Waals surface area contributed by atoms with Crippen LogP contribution >= 0.6 is 0 Å². The SMILES string of the molecule is CCCC#Cn1ccc(=O)[nH]c1=O. The van der Waals surface area contributed by atoms with Gasteiger partial charge in [-0.2, -0.15) is 0 Å². The minimum Gasteiger partial charge on any atom is -0.273 e. The number of hydrogen-bond donors (Lipinski definition) is 1. The van der Waals surface area contributed by atoms with Crippen molar-refractivity contribution < 1.29 is 0 Å². The Balaban J connectivity index is 2.99. The highest BCUT2D eigenvalue weighted by atomic mass is 16.2. The van der Waals surface area contributed by atoms with Gasteiger partial charge in [-0.1, -0.05) is 12.8 Å². The Morgan fingerprint density at radius 2 is 2.31 bits per heavy atom. The summed E-state index contributed by atoms with van der Waals surface area (Å²) in [4.78, 5) is 23.8. The van der Waals surface area contributed by atoms with Crippen LogP contribution in [0.5, 0.6) is 0 Å². The van der Waals surface area contributed by atoms with Crippen molar-refractivity contribution in [3.8, 4) is 12.0 Å². The third kappa shape index (κ3) is 2.64. The maximum atomic E-state index is 11.0. The predicted molar refractivity (Wildman–Crippen MR) is 49.4 cm³/mol. The van der Waals surface area contributed by atoms with E-state index >= 15 is 0 Å². The van der Waals surface area contributed by atoms with E-state index in [1.807, 2.05) is 6.92 Å². The van der Waals surface area contributed by atoms with Crippen molar-refractivity contribution in [3.63, 3.8) is 0 Å². The summed E-state index contributed by atoms with van der Waals surface area (Å²) in [5.41, 5.74) is -0.894. The first-order chi connectivity index (χ1) is 6.24. The van der Waals surface area contributed by atoms with Crippen molar-refractivity contribution in [3.05, 3.63) is 33.1 Å². The van der Waals surface area contributed by atoms with E-state index < -0.39 is 11.2 Å². The van der Waals surface area contributed by atoms with Gasteiger partial charge in [0.05, 0.1) is 0 Å². The first-order valence-corrected chi connectivity index (χ1v) is 4.05. The van der Waals surface area contributed by atoms with Crippen molar-refractivity contribution >= 4 is 0 Å². The van der Waals surface area contributed by atoms with Crippen LogP contribution in [0.15, 0.2) is 21.9 Å².